The van der Waals surface area contributed by atoms with Gasteiger partial charge in [0.05, 0.1) is 0 Å². The molecular weight excluding hydrogens is 128 g/mol. The molecule has 0 N–H and O–H groups in total. The van der Waals surface area contributed by atoms with E-state index in [2.05, 4.69) is 13.8 Å². The van der Waals surface area contributed by atoms with E-state index in [1.54, 1.807) is 0 Å². The van der Waals surface area contributed by atoms with Crippen LogP contribution >= 0.6 is 12.6 Å². The summed E-state index contributed by atoms with van der Waals surface area (Å²) in [5, 5.41) is 0. The molecule has 1 fully saturated rings. The SMILES string of the molecule is CC1CCC(C)([S])CC1. The molecule has 0 aromatic carbocycles. The first kappa shape index (κ1) is 7.46. The minimum absolute atomic E-state index is 0.243. The highest BCUT2D eigenvalue weighted by molar-refractivity contribution is 7.81. The molecule has 0 unspecified atom stereocenters. The first-order chi connectivity index (χ1) is 4.10. The summed E-state index contributed by atoms with van der Waals surface area (Å²) < 4.78 is 0.243. The van der Waals surface area contributed by atoms with Gasteiger partial charge < -0.3 is 0 Å². The topological polar surface area (TPSA) is 0 Å². The number of hydrogen-bond donors (Lipinski definition) is 0. The van der Waals surface area contributed by atoms with Crippen molar-refractivity contribution in [2.45, 2.75) is 44.3 Å². The fraction of sp³-hybridized carbons (Fsp3) is 1.00. The summed E-state index contributed by atoms with van der Waals surface area (Å²) in [6.07, 6.45) is 5.20. The Kier molecular flexibility index (Phi) is 2.10. The van der Waals surface area contributed by atoms with Crippen LogP contribution < -0.4 is 0 Å². The summed E-state index contributed by atoms with van der Waals surface area (Å²) in [4.78, 5) is 0. The van der Waals surface area contributed by atoms with Crippen molar-refractivity contribution in [2.75, 3.05) is 0 Å². The van der Waals surface area contributed by atoms with E-state index in [0.29, 0.717) is 0 Å². The van der Waals surface area contributed by atoms with E-state index >= 15 is 0 Å². The van der Waals surface area contributed by atoms with Crippen LogP contribution in [-0.2, 0) is 0 Å². The normalized spacial score (nSPS) is 45.0. The summed E-state index contributed by atoms with van der Waals surface area (Å²) in [6, 6.07) is 0. The molecule has 0 heterocycles. The largest absolute Gasteiger partial charge is 0.0870 e. The van der Waals surface area contributed by atoms with Crippen LogP contribution in [0.15, 0.2) is 0 Å². The second kappa shape index (κ2) is 2.53. The summed E-state index contributed by atoms with van der Waals surface area (Å²) in [5.74, 6) is 0.932. The van der Waals surface area contributed by atoms with Crippen LogP contribution in [0.2, 0.25) is 0 Å². The van der Waals surface area contributed by atoms with Crippen molar-refractivity contribution in [1.29, 1.82) is 0 Å². The minimum atomic E-state index is 0.243. The predicted molar refractivity (Wildman–Crippen MR) is 43.6 cm³/mol. The van der Waals surface area contributed by atoms with E-state index in [-0.39, 0.29) is 4.75 Å². The van der Waals surface area contributed by atoms with Crippen molar-refractivity contribution in [2.24, 2.45) is 5.92 Å². The molecule has 1 heteroatoms. The van der Waals surface area contributed by atoms with Gasteiger partial charge >= 0.3 is 0 Å². The highest BCUT2D eigenvalue weighted by Crippen LogP contribution is 2.35. The van der Waals surface area contributed by atoms with E-state index in [4.69, 9.17) is 12.6 Å². The van der Waals surface area contributed by atoms with Crippen molar-refractivity contribution in [3.63, 3.8) is 0 Å². The highest BCUT2D eigenvalue weighted by atomic mass is 32.1. The van der Waals surface area contributed by atoms with Crippen molar-refractivity contribution in [1.82, 2.24) is 0 Å². The third-order valence-corrected chi connectivity index (χ3v) is 2.74. The molecule has 9 heavy (non-hydrogen) atoms. The van der Waals surface area contributed by atoms with Gasteiger partial charge in [-0.2, -0.15) is 0 Å². The molecule has 0 aliphatic heterocycles. The zero-order chi connectivity index (χ0) is 6.91. The maximum atomic E-state index is 5.35. The maximum absolute atomic E-state index is 5.35. The second-order valence-electron chi connectivity index (χ2n) is 3.63. The lowest BCUT2D eigenvalue weighted by atomic mass is 9.83. The Hall–Kier alpha value is 0.350. The van der Waals surface area contributed by atoms with Crippen LogP contribution in [0.25, 0.3) is 0 Å². The Bertz CT molecular complexity index is 86.7. The first-order valence-electron chi connectivity index (χ1n) is 3.81. The zero-order valence-electron chi connectivity index (χ0n) is 6.31. The third kappa shape index (κ3) is 2.21. The van der Waals surface area contributed by atoms with Gasteiger partial charge in [0, 0.05) is 4.75 Å². The highest BCUT2D eigenvalue weighted by Gasteiger charge is 2.25. The van der Waals surface area contributed by atoms with Crippen LogP contribution in [-0.4, -0.2) is 4.75 Å². The monoisotopic (exact) mass is 143 g/mol. The quantitative estimate of drug-likeness (QED) is 0.488. The van der Waals surface area contributed by atoms with Gasteiger partial charge in [-0.05, 0) is 38.5 Å². The molecule has 0 nitrogen and oxygen atoms in total. The van der Waals surface area contributed by atoms with Crippen molar-refractivity contribution < 1.29 is 0 Å². The summed E-state index contributed by atoms with van der Waals surface area (Å²) >= 11 is 5.35. The van der Waals surface area contributed by atoms with Gasteiger partial charge in [0.1, 0.15) is 0 Å². The van der Waals surface area contributed by atoms with Gasteiger partial charge in [0.25, 0.3) is 0 Å². The van der Waals surface area contributed by atoms with Crippen LogP contribution in [0.3, 0.4) is 0 Å². The van der Waals surface area contributed by atoms with E-state index in [9.17, 15) is 0 Å². The lowest BCUT2D eigenvalue weighted by Crippen LogP contribution is -2.23. The molecule has 0 spiro atoms. The summed E-state index contributed by atoms with van der Waals surface area (Å²) in [6.45, 7) is 4.53. The number of rotatable bonds is 0. The lowest BCUT2D eigenvalue weighted by molar-refractivity contribution is 0.336. The smallest absolute Gasteiger partial charge is 0.0236 e. The van der Waals surface area contributed by atoms with Crippen LogP contribution in [0.4, 0.5) is 0 Å². The standard InChI is InChI=1S/C8H15S/c1-7-3-5-8(2,9)6-4-7/h7H,3-6H2,1-2H3. The lowest BCUT2D eigenvalue weighted by Gasteiger charge is -2.30. The average molecular weight is 143 g/mol. The Morgan fingerprint density at radius 2 is 1.78 bits per heavy atom. The maximum Gasteiger partial charge on any atom is 0.0236 e. The number of hydrogen-bond acceptors (Lipinski definition) is 0. The van der Waals surface area contributed by atoms with Gasteiger partial charge in [-0.25, -0.2) is 0 Å². The van der Waals surface area contributed by atoms with Gasteiger partial charge in [-0.15, -0.1) is 0 Å². The summed E-state index contributed by atoms with van der Waals surface area (Å²) in [5.41, 5.74) is 0. The molecule has 0 bridgehead atoms. The molecule has 1 saturated carbocycles. The molecule has 1 aliphatic carbocycles. The molecule has 53 valence electrons. The Morgan fingerprint density at radius 3 is 2.11 bits per heavy atom. The third-order valence-electron chi connectivity index (χ3n) is 2.33. The van der Waals surface area contributed by atoms with Crippen molar-refractivity contribution in [3.8, 4) is 0 Å². The van der Waals surface area contributed by atoms with Gasteiger partial charge in [-0.1, -0.05) is 19.6 Å². The van der Waals surface area contributed by atoms with Gasteiger partial charge in [0.2, 0.25) is 0 Å². The molecular formula is C8H15S. The fourth-order valence-electron chi connectivity index (χ4n) is 1.37. The van der Waals surface area contributed by atoms with Crippen molar-refractivity contribution in [3.05, 3.63) is 0 Å². The van der Waals surface area contributed by atoms with Crippen molar-refractivity contribution >= 4 is 12.6 Å². The van der Waals surface area contributed by atoms with E-state index in [1.807, 2.05) is 0 Å². The fourth-order valence-corrected chi connectivity index (χ4v) is 1.61. The Labute approximate surface area is 63.4 Å². The predicted octanol–water partition coefficient (Wildman–Crippen LogP) is 3.15. The summed E-state index contributed by atoms with van der Waals surface area (Å²) in [7, 11) is 0. The average Bonchev–Trinajstić information content (AvgIpc) is 1.78. The van der Waals surface area contributed by atoms with Gasteiger partial charge in [-0.3, -0.25) is 0 Å². The molecule has 0 aromatic rings. The minimum Gasteiger partial charge on any atom is -0.0870 e. The second-order valence-corrected chi connectivity index (χ2v) is 4.62. The van der Waals surface area contributed by atoms with E-state index in [1.165, 1.54) is 25.7 Å². The molecule has 1 aliphatic rings. The van der Waals surface area contributed by atoms with Crippen LogP contribution in [0, 0.1) is 5.92 Å². The molecule has 0 amide bonds. The molecule has 1 radical (unpaired) electrons. The van der Waals surface area contributed by atoms with E-state index in [0.717, 1.165) is 5.92 Å². The Balaban J connectivity index is 2.35. The Morgan fingerprint density at radius 1 is 1.33 bits per heavy atom. The van der Waals surface area contributed by atoms with E-state index < -0.39 is 0 Å². The molecule has 1 rings (SSSR count). The van der Waals surface area contributed by atoms with Crippen LogP contribution in [0.5, 0.6) is 0 Å². The zero-order valence-corrected chi connectivity index (χ0v) is 7.13. The molecule has 0 atom stereocenters. The molecule has 0 aromatic heterocycles. The van der Waals surface area contributed by atoms with Crippen LogP contribution in [0.1, 0.15) is 39.5 Å². The molecule has 0 saturated heterocycles. The van der Waals surface area contributed by atoms with Gasteiger partial charge in [0.15, 0.2) is 0 Å². The first-order valence-corrected chi connectivity index (χ1v) is 4.21.